The first kappa shape index (κ1) is 16.0. The molecule has 0 aliphatic rings. The van der Waals surface area contributed by atoms with E-state index in [1.165, 1.54) is 0 Å². The number of rotatable bonds is 4. The van der Waals surface area contributed by atoms with Gasteiger partial charge in [0, 0.05) is 13.0 Å². The first-order valence-corrected chi connectivity index (χ1v) is 7.08. The van der Waals surface area contributed by atoms with Gasteiger partial charge in [-0.3, -0.25) is 0 Å². The van der Waals surface area contributed by atoms with E-state index in [0.29, 0.717) is 13.0 Å². The lowest BCUT2D eigenvalue weighted by Gasteiger charge is -2.19. The summed E-state index contributed by atoms with van der Waals surface area (Å²) in [5, 5.41) is 2.62. The molecule has 1 aromatic rings. The summed E-state index contributed by atoms with van der Waals surface area (Å²) >= 11 is 0. The number of allylic oxidation sites excluding steroid dienone is 1. The second-order valence-electron chi connectivity index (χ2n) is 5.54. The van der Waals surface area contributed by atoms with Gasteiger partial charge in [-0.05, 0) is 50.6 Å². The molecule has 22 heavy (non-hydrogen) atoms. The summed E-state index contributed by atoms with van der Waals surface area (Å²) in [6.45, 7) is 5.81. The Balaban J connectivity index is 2.40. The van der Waals surface area contributed by atoms with Gasteiger partial charge in [0.1, 0.15) is 11.4 Å². The Morgan fingerprint density at radius 2 is 2.05 bits per heavy atom. The van der Waals surface area contributed by atoms with Gasteiger partial charge in [-0.2, -0.15) is 0 Å². The van der Waals surface area contributed by atoms with Crippen LogP contribution in [0.3, 0.4) is 0 Å². The second-order valence-corrected chi connectivity index (χ2v) is 5.54. The highest BCUT2D eigenvalue weighted by atomic mass is 16.6. The van der Waals surface area contributed by atoms with E-state index in [4.69, 9.17) is 10.8 Å². The average Bonchev–Trinajstić information content (AvgIpc) is 2.46. The Morgan fingerprint density at radius 1 is 1.36 bits per heavy atom. The topological polar surface area (TPSA) is 47.6 Å². The first-order valence-electron chi connectivity index (χ1n) is 7.58. The highest BCUT2D eigenvalue weighted by molar-refractivity contribution is 5.67. The van der Waals surface area contributed by atoms with Gasteiger partial charge in [0.15, 0.2) is 0 Å². The van der Waals surface area contributed by atoms with Gasteiger partial charge in [-0.1, -0.05) is 24.0 Å². The lowest BCUT2D eigenvalue weighted by molar-refractivity contribution is 0.0529. The van der Waals surface area contributed by atoms with E-state index in [2.05, 4.69) is 17.2 Å². The molecule has 0 bridgehead atoms. The molecule has 0 aliphatic heterocycles. The maximum absolute atomic E-state index is 11.4. The lowest BCUT2D eigenvalue weighted by Crippen LogP contribution is -2.32. The van der Waals surface area contributed by atoms with Gasteiger partial charge < -0.3 is 14.8 Å². The summed E-state index contributed by atoms with van der Waals surface area (Å²) in [6.07, 6.45) is 1.67. The maximum atomic E-state index is 11.4. The maximum Gasteiger partial charge on any atom is 0.407 e. The van der Waals surface area contributed by atoms with Crippen molar-refractivity contribution < 1.29 is 15.6 Å². The standard InChI is InChI=1S/C18H23NO3/c1-18(2,3)22-17(20)19-14-8-6-5-7-9-15-10-12-16(21-4)13-11-15/h7,9-13H,8,14H2,1-4H3,(H,19,20)/b9-7-/i7D. The lowest BCUT2D eigenvalue weighted by atomic mass is 10.2. The molecule has 0 heterocycles. The van der Waals surface area contributed by atoms with E-state index in [9.17, 15) is 4.79 Å². The van der Waals surface area contributed by atoms with Crippen LogP contribution in [0.25, 0.3) is 6.08 Å². The summed E-state index contributed by atoms with van der Waals surface area (Å²) in [6, 6.07) is 7.60. The molecule has 1 aromatic carbocycles. The van der Waals surface area contributed by atoms with Crippen LogP contribution < -0.4 is 10.1 Å². The van der Waals surface area contributed by atoms with Gasteiger partial charge in [0.25, 0.3) is 0 Å². The van der Waals surface area contributed by atoms with Crippen LogP contribution in [-0.4, -0.2) is 25.3 Å². The SMILES string of the molecule is [2H]/C(C#CCCNC(=O)OC(C)(C)C)=C/c1ccc(OC)cc1. The molecule has 0 unspecified atom stereocenters. The normalized spacial score (nSPS) is 11.8. The van der Waals surface area contributed by atoms with Crippen LogP contribution in [0.2, 0.25) is 0 Å². The van der Waals surface area contributed by atoms with Gasteiger partial charge >= 0.3 is 6.09 Å². The van der Waals surface area contributed by atoms with Gasteiger partial charge in [0.2, 0.25) is 0 Å². The Labute approximate surface area is 133 Å². The monoisotopic (exact) mass is 302 g/mol. The molecular weight excluding hydrogens is 278 g/mol. The molecule has 1 rings (SSSR count). The average molecular weight is 302 g/mol. The third-order valence-electron chi connectivity index (χ3n) is 2.43. The Kier molecular flexibility index (Phi) is 6.38. The molecule has 0 saturated heterocycles. The number of amides is 1. The van der Waals surface area contributed by atoms with Crippen LogP contribution in [0.4, 0.5) is 4.79 Å². The van der Waals surface area contributed by atoms with E-state index in [1.54, 1.807) is 13.2 Å². The molecule has 0 spiro atoms. The minimum absolute atomic E-state index is 0.215. The molecule has 1 amide bonds. The van der Waals surface area contributed by atoms with Crippen molar-refractivity contribution in [2.24, 2.45) is 0 Å². The number of carbonyl (C=O) groups is 1. The smallest absolute Gasteiger partial charge is 0.407 e. The fraction of sp³-hybridized carbons (Fsp3) is 0.389. The highest BCUT2D eigenvalue weighted by Crippen LogP contribution is 2.12. The largest absolute Gasteiger partial charge is 0.497 e. The van der Waals surface area contributed by atoms with Crippen LogP contribution in [0.5, 0.6) is 5.75 Å². The minimum atomic E-state index is -0.509. The quantitative estimate of drug-likeness (QED) is 0.682. The molecular formula is C18H23NO3. The molecule has 0 fully saturated rings. The van der Waals surface area contributed by atoms with Crippen molar-refractivity contribution >= 4 is 12.2 Å². The van der Waals surface area contributed by atoms with E-state index < -0.39 is 11.7 Å². The van der Waals surface area contributed by atoms with Gasteiger partial charge in [-0.15, -0.1) is 0 Å². The first-order chi connectivity index (χ1) is 10.8. The van der Waals surface area contributed by atoms with E-state index >= 15 is 0 Å². The van der Waals surface area contributed by atoms with Crippen LogP contribution in [0.1, 0.15) is 34.1 Å². The summed E-state index contributed by atoms with van der Waals surface area (Å²) < 4.78 is 18.0. The zero-order valence-corrected chi connectivity index (χ0v) is 13.5. The molecule has 4 nitrogen and oxygen atoms in total. The molecule has 1 N–H and O–H groups in total. The predicted molar refractivity (Wildman–Crippen MR) is 88.7 cm³/mol. The number of hydrogen-bond donors (Lipinski definition) is 1. The third-order valence-corrected chi connectivity index (χ3v) is 2.43. The van der Waals surface area contributed by atoms with Crippen molar-refractivity contribution in [3.8, 4) is 17.6 Å². The van der Waals surface area contributed by atoms with Crippen molar-refractivity contribution in [3.63, 3.8) is 0 Å². The molecule has 0 atom stereocenters. The molecule has 0 radical (unpaired) electrons. The fourth-order valence-electron chi connectivity index (χ4n) is 1.47. The minimum Gasteiger partial charge on any atom is -0.497 e. The van der Waals surface area contributed by atoms with Crippen molar-refractivity contribution in [1.82, 2.24) is 5.32 Å². The van der Waals surface area contributed by atoms with Crippen LogP contribution in [0.15, 0.2) is 30.3 Å². The third kappa shape index (κ3) is 8.01. The molecule has 118 valence electrons. The van der Waals surface area contributed by atoms with E-state index in [0.717, 1.165) is 11.3 Å². The number of benzene rings is 1. The summed E-state index contributed by atoms with van der Waals surface area (Å²) in [5.74, 6) is 6.35. The van der Waals surface area contributed by atoms with Crippen molar-refractivity contribution in [1.29, 1.82) is 0 Å². The molecule has 0 saturated carbocycles. The number of methoxy groups -OCH3 is 1. The second kappa shape index (κ2) is 8.78. The van der Waals surface area contributed by atoms with Crippen LogP contribution >= 0.6 is 0 Å². The molecule has 0 aromatic heterocycles. The fourth-order valence-corrected chi connectivity index (χ4v) is 1.47. The summed E-state index contributed by atoms with van der Waals surface area (Å²) in [4.78, 5) is 11.4. The van der Waals surface area contributed by atoms with Crippen molar-refractivity contribution in [2.75, 3.05) is 13.7 Å². The van der Waals surface area contributed by atoms with Crippen molar-refractivity contribution in [3.05, 3.63) is 35.9 Å². The van der Waals surface area contributed by atoms with Crippen LogP contribution in [-0.2, 0) is 4.74 Å². The highest BCUT2D eigenvalue weighted by Gasteiger charge is 2.14. The Bertz CT molecular complexity index is 604. The van der Waals surface area contributed by atoms with Crippen molar-refractivity contribution in [2.45, 2.75) is 32.8 Å². The molecule has 4 heteroatoms. The van der Waals surface area contributed by atoms with Gasteiger partial charge in [0.05, 0.1) is 8.48 Å². The number of hydrogen-bond acceptors (Lipinski definition) is 3. The Morgan fingerprint density at radius 3 is 2.64 bits per heavy atom. The summed E-state index contributed by atoms with van der Waals surface area (Å²) in [5.41, 5.74) is 0.377. The number of ether oxygens (including phenoxy) is 2. The van der Waals surface area contributed by atoms with E-state index in [-0.39, 0.29) is 6.05 Å². The van der Waals surface area contributed by atoms with E-state index in [1.807, 2.05) is 45.0 Å². The number of nitrogens with one attached hydrogen (secondary N) is 1. The number of carbonyl (C=O) groups excluding carboxylic acids is 1. The van der Waals surface area contributed by atoms with Gasteiger partial charge in [-0.25, -0.2) is 4.79 Å². The predicted octanol–water partition coefficient (Wildman–Crippen LogP) is 3.63. The zero-order chi connectivity index (χ0) is 17.3. The summed E-state index contributed by atoms with van der Waals surface area (Å²) in [7, 11) is 1.61. The molecule has 0 aliphatic carbocycles. The van der Waals surface area contributed by atoms with Crippen LogP contribution in [0, 0.1) is 11.8 Å². The zero-order valence-electron chi connectivity index (χ0n) is 14.5. The number of alkyl carbamates (subject to hydrolysis) is 1. The Hall–Kier alpha value is -2.41.